The van der Waals surface area contributed by atoms with Gasteiger partial charge in [0.25, 0.3) is 0 Å². The molecule has 0 aliphatic rings. The molecule has 112 valence electrons. The number of benzene rings is 1. The van der Waals surface area contributed by atoms with E-state index in [1.165, 1.54) is 0 Å². The van der Waals surface area contributed by atoms with Crippen LogP contribution in [0.5, 0.6) is 0 Å². The number of carbonyl (C=O) groups is 1. The van der Waals surface area contributed by atoms with Crippen LogP contribution in [-0.4, -0.2) is 48.1 Å². The number of aliphatic hydroxyl groups excluding tert-OH is 2. The molecule has 0 heterocycles. The van der Waals surface area contributed by atoms with Gasteiger partial charge in [-0.05, 0) is 45.0 Å². The fraction of sp³-hybridized carbons (Fsp3) is 0.533. The Kier molecular flexibility index (Phi) is 6.48. The number of hydrogen-bond acceptors (Lipinski definition) is 5. The van der Waals surface area contributed by atoms with Gasteiger partial charge >= 0.3 is 5.97 Å². The molecular formula is C15H23NO4. The van der Waals surface area contributed by atoms with E-state index in [4.69, 9.17) is 4.74 Å². The fourth-order valence-corrected chi connectivity index (χ4v) is 1.95. The molecule has 1 aromatic carbocycles. The van der Waals surface area contributed by atoms with Gasteiger partial charge in [-0.1, -0.05) is 0 Å². The predicted octanol–water partition coefficient (Wildman–Crippen LogP) is 1.43. The molecule has 5 nitrogen and oxygen atoms in total. The van der Waals surface area contributed by atoms with Crippen LogP contribution in [0.25, 0.3) is 0 Å². The Morgan fingerprint density at radius 2 is 1.65 bits per heavy atom. The second-order valence-electron chi connectivity index (χ2n) is 4.87. The van der Waals surface area contributed by atoms with Gasteiger partial charge in [-0.2, -0.15) is 0 Å². The highest BCUT2D eigenvalue weighted by Crippen LogP contribution is 2.17. The Balaban J connectivity index is 2.84. The topological polar surface area (TPSA) is 70.0 Å². The van der Waals surface area contributed by atoms with Gasteiger partial charge in [-0.3, -0.25) is 0 Å². The van der Waals surface area contributed by atoms with Crippen molar-refractivity contribution in [3.63, 3.8) is 0 Å². The van der Waals surface area contributed by atoms with Crippen molar-refractivity contribution >= 4 is 11.7 Å². The third kappa shape index (κ3) is 5.19. The van der Waals surface area contributed by atoms with Crippen LogP contribution >= 0.6 is 0 Å². The summed E-state index contributed by atoms with van der Waals surface area (Å²) in [6, 6.07) is 6.95. The first-order valence-corrected chi connectivity index (χ1v) is 6.82. The van der Waals surface area contributed by atoms with Crippen LogP contribution in [0, 0.1) is 0 Å². The summed E-state index contributed by atoms with van der Waals surface area (Å²) in [5.41, 5.74) is 1.34. The minimum absolute atomic E-state index is 0.344. The van der Waals surface area contributed by atoms with E-state index in [-0.39, 0.29) is 5.97 Å². The first-order chi connectivity index (χ1) is 9.43. The molecule has 0 saturated heterocycles. The molecule has 0 bridgehead atoms. The van der Waals surface area contributed by atoms with Crippen molar-refractivity contribution in [3.05, 3.63) is 29.8 Å². The molecule has 0 aliphatic heterocycles. The van der Waals surface area contributed by atoms with Crippen LogP contribution in [0.15, 0.2) is 24.3 Å². The van der Waals surface area contributed by atoms with Gasteiger partial charge in [0.1, 0.15) is 0 Å². The summed E-state index contributed by atoms with van der Waals surface area (Å²) in [6.45, 7) is 6.34. The van der Waals surface area contributed by atoms with Crippen molar-refractivity contribution in [1.29, 1.82) is 0 Å². The predicted molar refractivity (Wildman–Crippen MR) is 78.0 cm³/mol. The van der Waals surface area contributed by atoms with Crippen LogP contribution < -0.4 is 4.90 Å². The fourth-order valence-electron chi connectivity index (χ4n) is 1.95. The van der Waals surface area contributed by atoms with Crippen molar-refractivity contribution < 1.29 is 19.7 Å². The number of carbonyl (C=O) groups excluding carboxylic acids is 1. The van der Waals surface area contributed by atoms with E-state index < -0.39 is 12.2 Å². The normalized spacial score (nSPS) is 13.7. The van der Waals surface area contributed by atoms with Gasteiger partial charge < -0.3 is 19.8 Å². The lowest BCUT2D eigenvalue weighted by atomic mass is 10.1. The number of esters is 1. The number of anilines is 1. The zero-order valence-electron chi connectivity index (χ0n) is 12.2. The molecule has 0 radical (unpaired) electrons. The number of hydrogen-bond donors (Lipinski definition) is 2. The molecule has 20 heavy (non-hydrogen) atoms. The maximum absolute atomic E-state index is 11.6. The number of aliphatic hydroxyl groups is 2. The molecule has 1 rings (SSSR count). The molecule has 0 saturated carbocycles. The number of rotatable bonds is 7. The second kappa shape index (κ2) is 7.87. The maximum atomic E-state index is 11.6. The monoisotopic (exact) mass is 281 g/mol. The lowest BCUT2D eigenvalue weighted by molar-refractivity contribution is 0.0526. The molecule has 5 heteroatoms. The van der Waals surface area contributed by atoms with Crippen molar-refractivity contribution in [1.82, 2.24) is 0 Å². The summed E-state index contributed by atoms with van der Waals surface area (Å²) in [4.78, 5) is 13.4. The van der Waals surface area contributed by atoms with Crippen LogP contribution in [-0.2, 0) is 4.74 Å². The summed E-state index contributed by atoms with van der Waals surface area (Å²) in [5, 5.41) is 19.0. The van der Waals surface area contributed by atoms with E-state index in [0.717, 1.165) is 5.69 Å². The van der Waals surface area contributed by atoms with E-state index in [1.807, 2.05) is 4.90 Å². The Bertz CT molecular complexity index is 404. The van der Waals surface area contributed by atoms with Crippen LogP contribution in [0.1, 0.15) is 31.1 Å². The zero-order valence-corrected chi connectivity index (χ0v) is 12.2. The SMILES string of the molecule is CCOC(=O)c1ccc(N(C[C@H](C)O)C[C@@H](C)O)cc1. The van der Waals surface area contributed by atoms with E-state index in [9.17, 15) is 15.0 Å². The summed E-state index contributed by atoms with van der Waals surface area (Å²) in [7, 11) is 0. The Labute approximate surface area is 119 Å². The second-order valence-corrected chi connectivity index (χ2v) is 4.87. The molecule has 0 aliphatic carbocycles. The van der Waals surface area contributed by atoms with Gasteiger partial charge in [0.2, 0.25) is 0 Å². The average molecular weight is 281 g/mol. The van der Waals surface area contributed by atoms with Crippen LogP contribution in [0.4, 0.5) is 5.69 Å². The third-order valence-corrected chi connectivity index (χ3v) is 2.71. The molecule has 1 aromatic rings. The molecule has 2 N–H and O–H groups in total. The minimum Gasteiger partial charge on any atom is -0.462 e. The van der Waals surface area contributed by atoms with Crippen molar-refractivity contribution in [3.8, 4) is 0 Å². The molecule has 0 amide bonds. The largest absolute Gasteiger partial charge is 0.462 e. The third-order valence-electron chi connectivity index (χ3n) is 2.71. The first kappa shape index (κ1) is 16.5. The highest BCUT2D eigenvalue weighted by molar-refractivity contribution is 5.89. The smallest absolute Gasteiger partial charge is 0.338 e. The van der Waals surface area contributed by atoms with Gasteiger partial charge in [0.15, 0.2) is 0 Å². The summed E-state index contributed by atoms with van der Waals surface area (Å²) < 4.78 is 4.92. The molecule has 2 atom stereocenters. The van der Waals surface area contributed by atoms with E-state index in [2.05, 4.69) is 0 Å². The Hall–Kier alpha value is -1.59. The van der Waals surface area contributed by atoms with Gasteiger partial charge in [0.05, 0.1) is 24.4 Å². The first-order valence-electron chi connectivity index (χ1n) is 6.82. The molecule has 0 aromatic heterocycles. The summed E-state index contributed by atoms with van der Waals surface area (Å²) in [6.07, 6.45) is -1.00. The molecular weight excluding hydrogens is 258 g/mol. The van der Waals surface area contributed by atoms with Crippen molar-refractivity contribution in [2.24, 2.45) is 0 Å². The molecule has 0 unspecified atom stereocenters. The molecule has 0 spiro atoms. The standard InChI is InChI=1S/C15H23NO4/c1-4-20-15(19)13-5-7-14(8-6-13)16(9-11(2)17)10-12(3)18/h5-8,11-12,17-18H,4,9-10H2,1-3H3/t11-,12+. The Morgan fingerprint density at radius 1 is 1.15 bits per heavy atom. The van der Waals surface area contributed by atoms with Gasteiger partial charge in [-0.25, -0.2) is 4.79 Å². The lowest BCUT2D eigenvalue weighted by Crippen LogP contribution is -2.36. The van der Waals surface area contributed by atoms with Gasteiger partial charge in [-0.15, -0.1) is 0 Å². The van der Waals surface area contributed by atoms with Crippen LogP contribution in [0.2, 0.25) is 0 Å². The summed E-state index contributed by atoms with van der Waals surface area (Å²) >= 11 is 0. The van der Waals surface area contributed by atoms with E-state index in [0.29, 0.717) is 25.3 Å². The highest BCUT2D eigenvalue weighted by Gasteiger charge is 2.13. The minimum atomic E-state index is -0.501. The highest BCUT2D eigenvalue weighted by atomic mass is 16.5. The van der Waals surface area contributed by atoms with E-state index in [1.54, 1.807) is 45.0 Å². The van der Waals surface area contributed by atoms with Crippen molar-refractivity contribution in [2.75, 3.05) is 24.6 Å². The number of ether oxygens (including phenoxy) is 1. The maximum Gasteiger partial charge on any atom is 0.338 e. The zero-order chi connectivity index (χ0) is 15.1. The average Bonchev–Trinajstić information content (AvgIpc) is 2.37. The van der Waals surface area contributed by atoms with Crippen LogP contribution in [0.3, 0.4) is 0 Å². The van der Waals surface area contributed by atoms with Gasteiger partial charge in [0, 0.05) is 18.8 Å². The summed E-state index contributed by atoms with van der Waals surface area (Å²) in [5.74, 6) is -0.350. The number of nitrogens with zero attached hydrogens (tertiary/aromatic N) is 1. The van der Waals surface area contributed by atoms with E-state index >= 15 is 0 Å². The van der Waals surface area contributed by atoms with Crippen molar-refractivity contribution in [2.45, 2.75) is 33.0 Å². The lowest BCUT2D eigenvalue weighted by Gasteiger charge is -2.27. The molecule has 0 fully saturated rings. The quantitative estimate of drug-likeness (QED) is 0.740. The Morgan fingerprint density at radius 3 is 2.05 bits per heavy atom.